The largest absolute Gasteiger partial charge is 0.383 e. The Kier molecular flexibility index (Phi) is 3.22. The van der Waals surface area contributed by atoms with Gasteiger partial charge in [0.05, 0.1) is 0 Å². The van der Waals surface area contributed by atoms with Gasteiger partial charge in [0.1, 0.15) is 0 Å². The van der Waals surface area contributed by atoms with Crippen molar-refractivity contribution >= 4 is 17.4 Å². The fourth-order valence-corrected chi connectivity index (χ4v) is 2.11. The summed E-state index contributed by atoms with van der Waals surface area (Å²) < 4.78 is 0. The van der Waals surface area contributed by atoms with Gasteiger partial charge in [-0.25, -0.2) is 0 Å². The maximum absolute atomic E-state index is 6.01. The molecule has 1 fully saturated rings. The Morgan fingerprint density at radius 1 is 1.33 bits per heavy atom. The van der Waals surface area contributed by atoms with Crippen molar-refractivity contribution in [3.8, 4) is 0 Å². The van der Waals surface area contributed by atoms with Gasteiger partial charge in [0.2, 0.25) is 0 Å². The van der Waals surface area contributed by atoms with Crippen LogP contribution in [-0.2, 0) is 0 Å². The monoisotopic (exact) mass is 222 g/mol. The first kappa shape index (κ1) is 10.8. The molecule has 0 amide bonds. The lowest BCUT2D eigenvalue weighted by Crippen LogP contribution is -2.30. The molecule has 1 aliphatic rings. The number of nitrogens with two attached hydrogens (primary N) is 1. The molecule has 0 aromatic heterocycles. The van der Waals surface area contributed by atoms with Gasteiger partial charge in [0, 0.05) is 22.7 Å². The lowest BCUT2D eigenvalue weighted by Gasteiger charge is -2.11. The molecule has 0 bridgehead atoms. The molecule has 1 aromatic rings. The van der Waals surface area contributed by atoms with Crippen LogP contribution in [0, 0.1) is 0 Å². The highest BCUT2D eigenvalue weighted by Gasteiger charge is 2.37. The Morgan fingerprint density at radius 2 is 2.00 bits per heavy atom. The zero-order chi connectivity index (χ0) is 10.7. The second kappa shape index (κ2) is 4.45. The van der Waals surface area contributed by atoms with E-state index >= 15 is 0 Å². The lowest BCUT2D eigenvalue weighted by atomic mass is 10.2. The van der Waals surface area contributed by atoms with Crippen molar-refractivity contribution in [1.82, 2.24) is 0 Å². The van der Waals surface area contributed by atoms with Crippen molar-refractivity contribution in [2.45, 2.75) is 30.2 Å². The van der Waals surface area contributed by atoms with E-state index in [0.717, 1.165) is 25.1 Å². The summed E-state index contributed by atoms with van der Waals surface area (Å²) >= 11 is 1.87. The Morgan fingerprint density at radius 3 is 2.53 bits per heavy atom. The average molecular weight is 222 g/mol. The molecule has 0 heterocycles. The van der Waals surface area contributed by atoms with Gasteiger partial charge in [-0.3, -0.25) is 0 Å². The molecule has 0 saturated heterocycles. The van der Waals surface area contributed by atoms with Crippen LogP contribution in [0.4, 0.5) is 5.69 Å². The molecular weight excluding hydrogens is 204 g/mol. The van der Waals surface area contributed by atoms with Gasteiger partial charge in [0.25, 0.3) is 0 Å². The van der Waals surface area contributed by atoms with Crippen molar-refractivity contribution in [1.29, 1.82) is 0 Å². The van der Waals surface area contributed by atoms with Crippen LogP contribution in [0.5, 0.6) is 0 Å². The van der Waals surface area contributed by atoms with Gasteiger partial charge in [-0.2, -0.15) is 0 Å². The molecule has 3 N–H and O–H groups in total. The first-order valence-electron chi connectivity index (χ1n) is 5.47. The minimum Gasteiger partial charge on any atom is -0.383 e. The molecule has 0 aliphatic heterocycles. The summed E-state index contributed by atoms with van der Waals surface area (Å²) in [6, 6.07) is 8.58. The summed E-state index contributed by atoms with van der Waals surface area (Å²) in [4.78, 5) is 1.33. The van der Waals surface area contributed by atoms with Crippen LogP contribution in [0.15, 0.2) is 29.2 Å². The predicted octanol–water partition coefficient (Wildman–Crippen LogP) is 2.70. The number of thioether (sulfide) groups is 1. The third kappa shape index (κ3) is 3.14. The number of hydrogen-bond donors (Lipinski definition) is 2. The maximum atomic E-state index is 6.01. The third-order valence-electron chi connectivity index (χ3n) is 2.70. The molecule has 2 rings (SSSR count). The van der Waals surface area contributed by atoms with Gasteiger partial charge < -0.3 is 11.1 Å². The quantitative estimate of drug-likeness (QED) is 0.752. The summed E-state index contributed by atoms with van der Waals surface area (Å²) in [5.74, 6) is 1.12. The van der Waals surface area contributed by atoms with Crippen molar-refractivity contribution in [2.24, 2.45) is 5.73 Å². The summed E-state index contributed by atoms with van der Waals surface area (Å²) in [7, 11) is 0. The van der Waals surface area contributed by atoms with Gasteiger partial charge in [0.15, 0.2) is 0 Å². The van der Waals surface area contributed by atoms with Gasteiger partial charge in [-0.15, -0.1) is 11.8 Å². The topological polar surface area (TPSA) is 38.0 Å². The Labute approximate surface area is 95.6 Å². The highest BCUT2D eigenvalue weighted by Crippen LogP contribution is 2.32. The van der Waals surface area contributed by atoms with Crippen LogP contribution in [-0.4, -0.2) is 17.8 Å². The fourth-order valence-electron chi connectivity index (χ4n) is 1.45. The average Bonchev–Trinajstić information content (AvgIpc) is 2.97. The molecule has 0 radical (unpaired) electrons. The standard InChI is InChI=1S/C12H18N2S/c1-2-15-11-5-3-10(4-6-11)14-9-12(13)7-8-12/h3-6,14H,2,7-9,13H2,1H3. The van der Waals surface area contributed by atoms with Gasteiger partial charge in [-0.05, 0) is 42.9 Å². The second-order valence-corrected chi connectivity index (χ2v) is 5.51. The van der Waals surface area contributed by atoms with Crippen LogP contribution in [0.25, 0.3) is 0 Å². The van der Waals surface area contributed by atoms with Crippen LogP contribution in [0.3, 0.4) is 0 Å². The predicted molar refractivity (Wildman–Crippen MR) is 67.5 cm³/mol. The summed E-state index contributed by atoms with van der Waals surface area (Å²) in [6.07, 6.45) is 2.31. The summed E-state index contributed by atoms with van der Waals surface area (Å²) in [5, 5.41) is 3.38. The normalized spacial score (nSPS) is 17.5. The third-order valence-corrected chi connectivity index (χ3v) is 3.60. The molecule has 2 nitrogen and oxygen atoms in total. The highest BCUT2D eigenvalue weighted by molar-refractivity contribution is 7.99. The van der Waals surface area contributed by atoms with Crippen LogP contribution in [0.1, 0.15) is 19.8 Å². The van der Waals surface area contributed by atoms with Crippen LogP contribution < -0.4 is 11.1 Å². The smallest absolute Gasteiger partial charge is 0.0341 e. The first-order valence-corrected chi connectivity index (χ1v) is 6.46. The van der Waals surface area contributed by atoms with E-state index in [1.807, 2.05) is 11.8 Å². The maximum Gasteiger partial charge on any atom is 0.0341 e. The number of hydrogen-bond acceptors (Lipinski definition) is 3. The first-order chi connectivity index (χ1) is 7.22. The second-order valence-electron chi connectivity index (χ2n) is 4.17. The number of benzene rings is 1. The Bertz CT molecular complexity index is 317. The number of anilines is 1. The van der Waals surface area contributed by atoms with E-state index in [-0.39, 0.29) is 5.54 Å². The molecular formula is C12H18N2S. The molecule has 3 heteroatoms. The molecule has 1 saturated carbocycles. The fraction of sp³-hybridized carbons (Fsp3) is 0.500. The van der Waals surface area contributed by atoms with Gasteiger partial charge >= 0.3 is 0 Å². The van der Waals surface area contributed by atoms with Crippen molar-refractivity contribution < 1.29 is 0 Å². The zero-order valence-electron chi connectivity index (χ0n) is 9.12. The van der Waals surface area contributed by atoms with E-state index in [9.17, 15) is 0 Å². The Balaban J connectivity index is 1.86. The van der Waals surface area contributed by atoms with E-state index in [0.29, 0.717) is 0 Å². The SMILES string of the molecule is CCSc1ccc(NCC2(N)CC2)cc1. The zero-order valence-corrected chi connectivity index (χ0v) is 9.94. The summed E-state index contributed by atoms with van der Waals surface area (Å²) in [5.41, 5.74) is 7.26. The van der Waals surface area contributed by atoms with E-state index in [4.69, 9.17) is 5.73 Å². The molecule has 0 spiro atoms. The minimum absolute atomic E-state index is 0.0802. The van der Waals surface area contributed by atoms with Crippen molar-refractivity contribution in [2.75, 3.05) is 17.6 Å². The van der Waals surface area contributed by atoms with Crippen molar-refractivity contribution in [3.63, 3.8) is 0 Å². The van der Waals surface area contributed by atoms with Crippen LogP contribution in [0.2, 0.25) is 0 Å². The molecule has 82 valence electrons. The molecule has 1 aromatic carbocycles. The number of nitrogens with one attached hydrogen (secondary N) is 1. The molecule has 1 aliphatic carbocycles. The molecule has 15 heavy (non-hydrogen) atoms. The molecule has 0 atom stereocenters. The highest BCUT2D eigenvalue weighted by atomic mass is 32.2. The minimum atomic E-state index is 0.0802. The van der Waals surface area contributed by atoms with E-state index in [2.05, 4.69) is 36.5 Å². The molecule has 0 unspecified atom stereocenters. The van der Waals surface area contributed by atoms with Crippen molar-refractivity contribution in [3.05, 3.63) is 24.3 Å². The Hall–Kier alpha value is -0.670. The van der Waals surface area contributed by atoms with E-state index < -0.39 is 0 Å². The van der Waals surface area contributed by atoms with Crippen LogP contribution >= 0.6 is 11.8 Å². The van der Waals surface area contributed by atoms with E-state index in [1.165, 1.54) is 10.6 Å². The lowest BCUT2D eigenvalue weighted by molar-refractivity contribution is 0.713. The van der Waals surface area contributed by atoms with E-state index in [1.54, 1.807) is 0 Å². The number of rotatable bonds is 5. The van der Waals surface area contributed by atoms with Gasteiger partial charge in [-0.1, -0.05) is 6.92 Å². The summed E-state index contributed by atoms with van der Waals surface area (Å²) in [6.45, 7) is 3.06.